The molecule has 0 radical (unpaired) electrons. The van der Waals surface area contributed by atoms with Crippen LogP contribution in [0.25, 0.3) is 22.0 Å². The lowest BCUT2D eigenvalue weighted by Gasteiger charge is -2.08. The summed E-state index contributed by atoms with van der Waals surface area (Å²) in [4.78, 5) is 1.03. The van der Waals surface area contributed by atoms with Crippen molar-refractivity contribution in [3.63, 3.8) is 0 Å². The molecule has 2 aromatic carbocycles. The first-order valence-corrected chi connectivity index (χ1v) is 7.89. The van der Waals surface area contributed by atoms with Crippen molar-refractivity contribution in [1.82, 2.24) is 9.88 Å². The Morgan fingerprint density at radius 3 is 2.81 bits per heavy atom. The van der Waals surface area contributed by atoms with Gasteiger partial charge in [-0.3, -0.25) is 0 Å². The third kappa shape index (κ3) is 2.27. The molecule has 1 aliphatic rings. The Morgan fingerprint density at radius 1 is 1.00 bits per heavy atom. The molecule has 1 aliphatic heterocycles. The monoisotopic (exact) mass is 294 g/mol. The second kappa shape index (κ2) is 5.24. The van der Waals surface area contributed by atoms with E-state index in [-0.39, 0.29) is 0 Å². The number of benzene rings is 2. The second-order valence-corrected chi connectivity index (χ2v) is 6.06. The van der Waals surface area contributed by atoms with Crippen LogP contribution in [0.4, 0.5) is 0 Å². The first kappa shape index (κ1) is 13.0. The number of aromatic nitrogens is 1. The highest BCUT2D eigenvalue weighted by atomic mass is 32.1. The van der Waals surface area contributed by atoms with Crippen LogP contribution >= 0.6 is 12.6 Å². The standard InChI is InChI=1S/C18H18N2S/c21-18-4-2-1-3-16(18)13-5-6-17-14(11-13)12-15-7-8-19-9-10-20(15)17/h1-6,11-12,19,21H,7-10H2. The molecule has 106 valence electrons. The summed E-state index contributed by atoms with van der Waals surface area (Å²) < 4.78 is 2.45. The van der Waals surface area contributed by atoms with Gasteiger partial charge in [-0.05, 0) is 35.4 Å². The van der Waals surface area contributed by atoms with Crippen molar-refractivity contribution >= 4 is 23.5 Å². The van der Waals surface area contributed by atoms with Gasteiger partial charge in [-0.15, -0.1) is 12.6 Å². The first-order valence-electron chi connectivity index (χ1n) is 7.44. The minimum Gasteiger partial charge on any atom is -0.343 e. The third-order valence-electron chi connectivity index (χ3n) is 4.27. The number of nitrogens with one attached hydrogen (secondary N) is 1. The number of hydrogen-bond acceptors (Lipinski definition) is 2. The van der Waals surface area contributed by atoms with Gasteiger partial charge in [-0.1, -0.05) is 24.3 Å². The minimum absolute atomic E-state index is 1.03. The van der Waals surface area contributed by atoms with Crippen LogP contribution < -0.4 is 5.32 Å². The van der Waals surface area contributed by atoms with E-state index in [1.165, 1.54) is 27.7 Å². The average molecular weight is 294 g/mol. The zero-order valence-electron chi connectivity index (χ0n) is 11.8. The largest absolute Gasteiger partial charge is 0.343 e. The van der Waals surface area contributed by atoms with Crippen molar-refractivity contribution in [1.29, 1.82) is 0 Å². The predicted octanol–water partition coefficient (Wildman–Crippen LogP) is 3.74. The molecule has 3 heteroatoms. The van der Waals surface area contributed by atoms with Gasteiger partial charge in [-0.25, -0.2) is 0 Å². The van der Waals surface area contributed by atoms with Gasteiger partial charge in [0.2, 0.25) is 0 Å². The van der Waals surface area contributed by atoms with Crippen LogP contribution in [0.1, 0.15) is 5.69 Å². The van der Waals surface area contributed by atoms with E-state index >= 15 is 0 Å². The van der Waals surface area contributed by atoms with Crippen molar-refractivity contribution in [2.45, 2.75) is 17.9 Å². The molecule has 2 heterocycles. The molecule has 0 spiro atoms. The lowest BCUT2D eigenvalue weighted by Crippen LogP contribution is -2.17. The van der Waals surface area contributed by atoms with Gasteiger partial charge in [0.05, 0.1) is 0 Å². The molecule has 0 atom stereocenters. The molecule has 3 aromatic rings. The van der Waals surface area contributed by atoms with E-state index in [0.717, 1.165) is 31.0 Å². The van der Waals surface area contributed by atoms with Crippen LogP contribution in [0.5, 0.6) is 0 Å². The number of thiol groups is 1. The van der Waals surface area contributed by atoms with Crippen LogP contribution in [0.3, 0.4) is 0 Å². The molecule has 1 N–H and O–H groups in total. The number of fused-ring (bicyclic) bond motifs is 3. The third-order valence-corrected chi connectivity index (χ3v) is 4.66. The molecular formula is C18H18N2S. The summed E-state index contributed by atoms with van der Waals surface area (Å²) in [6.07, 6.45) is 1.10. The highest BCUT2D eigenvalue weighted by Crippen LogP contribution is 2.30. The molecule has 0 amide bonds. The highest BCUT2D eigenvalue weighted by molar-refractivity contribution is 7.80. The molecule has 0 saturated carbocycles. The highest BCUT2D eigenvalue weighted by Gasteiger charge is 2.12. The maximum Gasteiger partial charge on any atom is 0.0483 e. The Labute approximate surface area is 130 Å². The normalized spacial score (nSPS) is 14.9. The van der Waals surface area contributed by atoms with Crippen molar-refractivity contribution in [2.24, 2.45) is 0 Å². The summed E-state index contributed by atoms with van der Waals surface area (Å²) in [5, 5.41) is 4.79. The summed E-state index contributed by atoms with van der Waals surface area (Å²) in [5.74, 6) is 0. The Kier molecular flexibility index (Phi) is 3.24. The molecule has 4 rings (SSSR count). The summed E-state index contributed by atoms with van der Waals surface area (Å²) in [6, 6.07) is 17.4. The topological polar surface area (TPSA) is 17.0 Å². The smallest absolute Gasteiger partial charge is 0.0483 e. The number of nitrogens with zero attached hydrogens (tertiary/aromatic N) is 1. The fourth-order valence-electron chi connectivity index (χ4n) is 3.22. The SMILES string of the molecule is Sc1ccccc1-c1ccc2c(c1)cc1n2CCNCC1. The Balaban J connectivity index is 1.86. The average Bonchev–Trinajstić information content (AvgIpc) is 2.68. The van der Waals surface area contributed by atoms with Gasteiger partial charge in [0.25, 0.3) is 0 Å². The van der Waals surface area contributed by atoms with Crippen LogP contribution in [0, 0.1) is 0 Å². The predicted molar refractivity (Wildman–Crippen MR) is 91.2 cm³/mol. The summed E-state index contributed by atoms with van der Waals surface area (Å²) >= 11 is 4.58. The van der Waals surface area contributed by atoms with Gasteiger partial charge >= 0.3 is 0 Å². The molecule has 1 aromatic heterocycles. The van der Waals surface area contributed by atoms with E-state index in [1.807, 2.05) is 12.1 Å². The fraction of sp³-hybridized carbons (Fsp3) is 0.222. The minimum atomic E-state index is 1.03. The van der Waals surface area contributed by atoms with Crippen LogP contribution in [-0.4, -0.2) is 17.7 Å². The number of hydrogen-bond donors (Lipinski definition) is 2. The van der Waals surface area contributed by atoms with E-state index in [4.69, 9.17) is 0 Å². The molecule has 0 bridgehead atoms. The lowest BCUT2D eigenvalue weighted by atomic mass is 10.0. The molecule has 0 fully saturated rings. The van der Waals surface area contributed by atoms with Crippen molar-refractivity contribution in [3.8, 4) is 11.1 Å². The lowest BCUT2D eigenvalue weighted by molar-refractivity contribution is 0.658. The fourth-order valence-corrected chi connectivity index (χ4v) is 3.51. The second-order valence-electron chi connectivity index (χ2n) is 5.58. The molecule has 0 unspecified atom stereocenters. The van der Waals surface area contributed by atoms with Gasteiger partial charge < -0.3 is 9.88 Å². The summed E-state index contributed by atoms with van der Waals surface area (Å²) in [7, 11) is 0. The van der Waals surface area contributed by atoms with Crippen LogP contribution in [0.15, 0.2) is 53.4 Å². The van der Waals surface area contributed by atoms with Crippen molar-refractivity contribution < 1.29 is 0 Å². The molecular weight excluding hydrogens is 276 g/mol. The first-order chi connectivity index (χ1) is 10.3. The quantitative estimate of drug-likeness (QED) is 0.654. The van der Waals surface area contributed by atoms with Gasteiger partial charge in [0.1, 0.15) is 0 Å². The molecule has 0 aliphatic carbocycles. The zero-order valence-corrected chi connectivity index (χ0v) is 12.7. The Morgan fingerprint density at radius 2 is 1.90 bits per heavy atom. The molecule has 0 saturated heterocycles. The Hall–Kier alpha value is -1.71. The van der Waals surface area contributed by atoms with Gasteiger partial charge in [0.15, 0.2) is 0 Å². The van der Waals surface area contributed by atoms with Crippen LogP contribution in [0.2, 0.25) is 0 Å². The Bertz CT molecular complexity index is 804. The zero-order chi connectivity index (χ0) is 14.2. The van der Waals surface area contributed by atoms with E-state index in [9.17, 15) is 0 Å². The van der Waals surface area contributed by atoms with E-state index in [1.54, 1.807) is 0 Å². The maximum absolute atomic E-state index is 4.58. The molecule has 2 nitrogen and oxygen atoms in total. The van der Waals surface area contributed by atoms with Crippen molar-refractivity contribution in [2.75, 3.05) is 13.1 Å². The summed E-state index contributed by atoms with van der Waals surface area (Å²) in [5.41, 5.74) is 5.22. The van der Waals surface area contributed by atoms with E-state index in [0.29, 0.717) is 0 Å². The van der Waals surface area contributed by atoms with E-state index in [2.05, 4.69) is 58.9 Å². The van der Waals surface area contributed by atoms with Gasteiger partial charge in [-0.2, -0.15) is 0 Å². The van der Waals surface area contributed by atoms with Crippen molar-refractivity contribution in [3.05, 3.63) is 54.2 Å². The number of rotatable bonds is 1. The van der Waals surface area contributed by atoms with Crippen LogP contribution in [-0.2, 0) is 13.0 Å². The maximum atomic E-state index is 4.58. The summed E-state index contributed by atoms with van der Waals surface area (Å²) in [6.45, 7) is 3.18. The molecule has 21 heavy (non-hydrogen) atoms. The van der Waals surface area contributed by atoms with Gasteiger partial charge in [0, 0.05) is 47.5 Å². The van der Waals surface area contributed by atoms with E-state index < -0.39 is 0 Å².